The van der Waals surface area contributed by atoms with Crippen molar-refractivity contribution < 1.29 is 9.53 Å². The van der Waals surface area contributed by atoms with E-state index in [1.54, 1.807) is 7.11 Å². The molecule has 6 nitrogen and oxygen atoms in total. The van der Waals surface area contributed by atoms with Crippen molar-refractivity contribution in [2.45, 2.75) is 31.7 Å². The maximum absolute atomic E-state index is 12.2. The van der Waals surface area contributed by atoms with Gasteiger partial charge in [0.25, 0.3) is 0 Å². The zero-order valence-electron chi connectivity index (χ0n) is 14.0. The lowest BCUT2D eigenvalue weighted by Gasteiger charge is -2.33. The Morgan fingerprint density at radius 1 is 1.50 bits per heavy atom. The fourth-order valence-electron chi connectivity index (χ4n) is 2.94. The molecule has 6 heteroatoms. The highest BCUT2D eigenvalue weighted by Crippen LogP contribution is 2.26. The quantitative estimate of drug-likeness (QED) is 0.759. The molecule has 0 aliphatic carbocycles. The van der Waals surface area contributed by atoms with Crippen LogP contribution in [0.25, 0.3) is 0 Å². The van der Waals surface area contributed by atoms with Crippen LogP contribution in [0.3, 0.4) is 0 Å². The number of carbonyl (C=O) groups excluding carboxylic acids is 1. The van der Waals surface area contributed by atoms with Gasteiger partial charge in [-0.3, -0.25) is 4.79 Å². The number of carbonyl (C=O) groups is 1. The number of hydrogen-bond donors (Lipinski definition) is 0. The summed E-state index contributed by atoms with van der Waals surface area (Å²) < 4.78 is 7.24. The van der Waals surface area contributed by atoms with Crippen LogP contribution in [0.2, 0.25) is 0 Å². The molecule has 0 N–H and O–H groups in total. The summed E-state index contributed by atoms with van der Waals surface area (Å²) >= 11 is 0. The number of rotatable bonds is 7. The number of methoxy groups -OCH3 is 1. The second kappa shape index (κ2) is 8.29. The third kappa shape index (κ3) is 4.55. The van der Waals surface area contributed by atoms with E-state index < -0.39 is 0 Å². The van der Waals surface area contributed by atoms with Crippen molar-refractivity contribution in [3.8, 4) is 0 Å². The van der Waals surface area contributed by atoms with Gasteiger partial charge in [-0.15, -0.1) is 0 Å². The number of piperidine rings is 1. The lowest BCUT2D eigenvalue weighted by atomic mass is 9.97. The Hall–Kier alpha value is -1.40. The van der Waals surface area contributed by atoms with Crippen LogP contribution in [0.1, 0.15) is 31.0 Å². The molecule has 1 aromatic rings. The molecule has 1 saturated heterocycles. The van der Waals surface area contributed by atoms with Crippen molar-refractivity contribution in [1.29, 1.82) is 0 Å². The lowest BCUT2D eigenvalue weighted by Crippen LogP contribution is -2.40. The van der Waals surface area contributed by atoms with Crippen LogP contribution in [0, 0.1) is 0 Å². The first-order valence-electron chi connectivity index (χ1n) is 8.04. The summed E-state index contributed by atoms with van der Waals surface area (Å²) in [6, 6.07) is 0. The standard InChI is InChI=1S/C16H28N4O2/c1-18(2)10-11-19-9-7-17-16(19)14-5-4-8-20(13-14)15(21)6-12-22-3/h7,9,14H,4-6,8,10-13H2,1-3H3/t14-/m1/s1. The first kappa shape index (κ1) is 17.0. The number of likely N-dealkylation sites (N-methyl/N-ethyl adjacent to an activating group) is 1. The van der Waals surface area contributed by atoms with E-state index in [0.717, 1.165) is 44.8 Å². The van der Waals surface area contributed by atoms with Gasteiger partial charge in [0, 0.05) is 51.6 Å². The molecule has 0 bridgehead atoms. The summed E-state index contributed by atoms with van der Waals surface area (Å²) in [4.78, 5) is 20.9. The lowest BCUT2D eigenvalue weighted by molar-refractivity contribution is -0.133. The highest BCUT2D eigenvalue weighted by molar-refractivity contribution is 5.76. The van der Waals surface area contributed by atoms with Crippen molar-refractivity contribution in [3.05, 3.63) is 18.2 Å². The maximum atomic E-state index is 12.2. The second-order valence-electron chi connectivity index (χ2n) is 6.20. The molecule has 0 spiro atoms. The molecule has 0 radical (unpaired) electrons. The van der Waals surface area contributed by atoms with Crippen LogP contribution in [0.5, 0.6) is 0 Å². The minimum absolute atomic E-state index is 0.193. The molecule has 22 heavy (non-hydrogen) atoms. The van der Waals surface area contributed by atoms with Gasteiger partial charge < -0.3 is 19.1 Å². The van der Waals surface area contributed by atoms with E-state index in [-0.39, 0.29) is 5.91 Å². The zero-order valence-corrected chi connectivity index (χ0v) is 14.0. The van der Waals surface area contributed by atoms with Gasteiger partial charge >= 0.3 is 0 Å². The topological polar surface area (TPSA) is 50.6 Å². The van der Waals surface area contributed by atoms with E-state index in [0.29, 0.717) is 18.9 Å². The Balaban J connectivity index is 1.97. The Bertz CT molecular complexity index is 472. The summed E-state index contributed by atoms with van der Waals surface area (Å²) in [6.45, 7) is 4.07. The first-order chi connectivity index (χ1) is 10.6. The number of likely N-dealkylation sites (tertiary alicyclic amines) is 1. The molecule has 2 heterocycles. The Labute approximate surface area is 133 Å². The first-order valence-corrected chi connectivity index (χ1v) is 8.04. The molecule has 124 valence electrons. The number of hydrogen-bond acceptors (Lipinski definition) is 4. The van der Waals surface area contributed by atoms with Crippen LogP contribution in [-0.2, 0) is 16.1 Å². The van der Waals surface area contributed by atoms with E-state index in [2.05, 4.69) is 28.5 Å². The van der Waals surface area contributed by atoms with Crippen molar-refractivity contribution in [2.75, 3.05) is 47.4 Å². The van der Waals surface area contributed by atoms with Gasteiger partial charge in [-0.05, 0) is 26.9 Å². The van der Waals surface area contributed by atoms with Crippen LogP contribution in [-0.4, -0.2) is 72.7 Å². The van der Waals surface area contributed by atoms with Crippen molar-refractivity contribution in [1.82, 2.24) is 19.4 Å². The highest BCUT2D eigenvalue weighted by Gasteiger charge is 2.27. The number of imidazole rings is 1. The monoisotopic (exact) mass is 308 g/mol. The summed E-state index contributed by atoms with van der Waals surface area (Å²) in [5, 5.41) is 0. The minimum atomic E-state index is 0.193. The zero-order chi connectivity index (χ0) is 15.9. The molecule has 1 aromatic heterocycles. The van der Waals surface area contributed by atoms with Crippen molar-refractivity contribution >= 4 is 5.91 Å². The molecule has 2 rings (SSSR count). The molecule has 1 aliphatic rings. The SMILES string of the molecule is COCCC(=O)N1CCC[C@@H](c2nccn2CCN(C)C)C1. The third-order valence-corrected chi connectivity index (χ3v) is 4.20. The summed E-state index contributed by atoms with van der Waals surface area (Å²) in [6.07, 6.45) is 6.54. The molecule has 0 unspecified atom stereocenters. The van der Waals surface area contributed by atoms with Gasteiger partial charge in [0.2, 0.25) is 5.91 Å². The molecule has 0 saturated carbocycles. The van der Waals surface area contributed by atoms with Crippen LogP contribution in [0.4, 0.5) is 0 Å². The van der Waals surface area contributed by atoms with E-state index >= 15 is 0 Å². The van der Waals surface area contributed by atoms with Gasteiger partial charge in [-0.2, -0.15) is 0 Å². The number of amides is 1. The van der Waals surface area contributed by atoms with E-state index in [1.807, 2.05) is 17.3 Å². The Morgan fingerprint density at radius 2 is 2.32 bits per heavy atom. The molecule has 1 fully saturated rings. The fraction of sp³-hybridized carbons (Fsp3) is 0.750. The van der Waals surface area contributed by atoms with Crippen LogP contribution in [0.15, 0.2) is 12.4 Å². The molecular weight excluding hydrogens is 280 g/mol. The third-order valence-electron chi connectivity index (χ3n) is 4.20. The predicted molar refractivity (Wildman–Crippen MR) is 85.8 cm³/mol. The summed E-state index contributed by atoms with van der Waals surface area (Å²) in [5.74, 6) is 1.65. The minimum Gasteiger partial charge on any atom is -0.384 e. The van der Waals surface area contributed by atoms with Gasteiger partial charge in [-0.25, -0.2) is 4.98 Å². The Kier molecular flexibility index (Phi) is 6.39. The molecule has 1 atom stereocenters. The number of nitrogens with zero attached hydrogens (tertiary/aromatic N) is 4. The van der Waals surface area contributed by atoms with Crippen LogP contribution >= 0.6 is 0 Å². The van der Waals surface area contributed by atoms with E-state index in [9.17, 15) is 4.79 Å². The van der Waals surface area contributed by atoms with Gasteiger partial charge in [0.15, 0.2) is 0 Å². The number of aromatic nitrogens is 2. The Morgan fingerprint density at radius 3 is 3.05 bits per heavy atom. The van der Waals surface area contributed by atoms with Gasteiger partial charge in [0.1, 0.15) is 5.82 Å². The predicted octanol–water partition coefficient (Wildman–Crippen LogP) is 1.19. The summed E-state index contributed by atoms with van der Waals surface area (Å²) in [5.41, 5.74) is 0. The normalized spacial score (nSPS) is 18.9. The average Bonchev–Trinajstić information content (AvgIpc) is 2.99. The van der Waals surface area contributed by atoms with E-state index in [4.69, 9.17) is 4.74 Å². The summed E-state index contributed by atoms with van der Waals surface area (Å²) in [7, 11) is 5.79. The second-order valence-corrected chi connectivity index (χ2v) is 6.20. The van der Waals surface area contributed by atoms with Crippen LogP contribution < -0.4 is 0 Å². The molecule has 1 amide bonds. The van der Waals surface area contributed by atoms with Crippen molar-refractivity contribution in [2.24, 2.45) is 0 Å². The van der Waals surface area contributed by atoms with Gasteiger partial charge in [-0.1, -0.05) is 0 Å². The highest BCUT2D eigenvalue weighted by atomic mass is 16.5. The smallest absolute Gasteiger partial charge is 0.224 e. The van der Waals surface area contributed by atoms with Crippen molar-refractivity contribution in [3.63, 3.8) is 0 Å². The largest absolute Gasteiger partial charge is 0.384 e. The maximum Gasteiger partial charge on any atom is 0.224 e. The fourth-order valence-corrected chi connectivity index (χ4v) is 2.94. The number of ether oxygens (including phenoxy) is 1. The molecule has 1 aliphatic heterocycles. The van der Waals surface area contributed by atoms with Gasteiger partial charge in [0.05, 0.1) is 13.0 Å². The molecule has 0 aromatic carbocycles. The average molecular weight is 308 g/mol. The van der Waals surface area contributed by atoms with E-state index in [1.165, 1.54) is 0 Å². The molecular formula is C16H28N4O2.